The summed E-state index contributed by atoms with van der Waals surface area (Å²) in [6, 6.07) is 16.7. The molecular weight excluding hydrogens is 430 g/mol. The quantitative estimate of drug-likeness (QED) is 0.442. The van der Waals surface area contributed by atoms with Gasteiger partial charge < -0.3 is 9.64 Å². The minimum atomic E-state index is 0.285. The van der Waals surface area contributed by atoms with Crippen molar-refractivity contribution in [1.82, 2.24) is 19.7 Å². The highest BCUT2D eigenvalue weighted by molar-refractivity contribution is 9.10. The van der Waals surface area contributed by atoms with E-state index in [-0.39, 0.29) is 6.04 Å². The molecule has 1 aliphatic rings. The van der Waals surface area contributed by atoms with Gasteiger partial charge in [0.1, 0.15) is 17.9 Å². The van der Waals surface area contributed by atoms with E-state index in [4.69, 9.17) is 4.74 Å². The normalized spacial score (nSPS) is 16.5. The van der Waals surface area contributed by atoms with Crippen molar-refractivity contribution in [3.05, 3.63) is 71.1 Å². The largest absolute Gasteiger partial charge is 0.497 e. The number of aromatic nitrogens is 4. The Labute approximate surface area is 177 Å². The smallest absolute Gasteiger partial charge is 0.168 e. The molecule has 0 spiro atoms. The third kappa shape index (κ3) is 3.25. The van der Waals surface area contributed by atoms with Gasteiger partial charge >= 0.3 is 0 Å². The molecule has 2 aromatic heterocycles. The van der Waals surface area contributed by atoms with E-state index in [1.807, 2.05) is 47.3 Å². The zero-order chi connectivity index (χ0) is 19.8. The SMILES string of the molecule is COc1ccc(C2CCCN2c2ncnc3c2cnn3-c2cccc(Br)c2)cc1. The van der Waals surface area contributed by atoms with Crippen LogP contribution in [0.25, 0.3) is 16.7 Å². The zero-order valence-corrected chi connectivity index (χ0v) is 17.6. The second-order valence-electron chi connectivity index (χ2n) is 7.10. The molecule has 0 amide bonds. The van der Waals surface area contributed by atoms with E-state index < -0.39 is 0 Å². The molecule has 1 atom stereocenters. The standard InChI is InChI=1S/C22H20BrN5O/c1-29-18-9-7-15(8-10-18)20-6-3-11-27(20)21-19-13-26-28(22(19)25-14-24-21)17-5-2-4-16(23)12-17/h2,4-5,7-10,12-14,20H,3,6,11H2,1H3. The van der Waals surface area contributed by atoms with Gasteiger partial charge in [0.15, 0.2) is 5.65 Å². The van der Waals surface area contributed by atoms with Crippen LogP contribution in [-0.4, -0.2) is 33.4 Å². The fourth-order valence-electron chi connectivity index (χ4n) is 4.05. The summed E-state index contributed by atoms with van der Waals surface area (Å²) in [5.41, 5.74) is 3.05. The van der Waals surface area contributed by atoms with Crippen molar-refractivity contribution in [3.63, 3.8) is 0 Å². The number of hydrogen-bond acceptors (Lipinski definition) is 5. The van der Waals surface area contributed by atoms with E-state index in [1.54, 1.807) is 13.4 Å². The Morgan fingerprint density at radius 1 is 1.10 bits per heavy atom. The topological polar surface area (TPSA) is 56.1 Å². The van der Waals surface area contributed by atoms with Crippen molar-refractivity contribution in [2.45, 2.75) is 18.9 Å². The Bertz CT molecular complexity index is 1160. The van der Waals surface area contributed by atoms with Gasteiger partial charge in [0.05, 0.1) is 30.4 Å². The van der Waals surface area contributed by atoms with Crippen LogP contribution in [0.15, 0.2) is 65.5 Å². The summed E-state index contributed by atoms with van der Waals surface area (Å²) in [5.74, 6) is 1.81. The molecule has 1 aliphatic heterocycles. The Kier molecular flexibility index (Phi) is 4.67. The summed E-state index contributed by atoms with van der Waals surface area (Å²) in [4.78, 5) is 11.6. The van der Waals surface area contributed by atoms with Crippen LogP contribution in [0, 0.1) is 0 Å². The highest BCUT2D eigenvalue weighted by atomic mass is 79.9. The van der Waals surface area contributed by atoms with Gasteiger partial charge in [-0.2, -0.15) is 5.10 Å². The third-order valence-corrected chi connectivity index (χ3v) is 5.92. The number of nitrogens with zero attached hydrogens (tertiary/aromatic N) is 5. The molecule has 146 valence electrons. The van der Waals surface area contributed by atoms with Crippen molar-refractivity contribution >= 4 is 32.8 Å². The molecular formula is C22H20BrN5O. The van der Waals surface area contributed by atoms with Crippen LogP contribution in [0.2, 0.25) is 0 Å². The molecule has 0 N–H and O–H groups in total. The van der Waals surface area contributed by atoms with Gasteiger partial charge in [0.25, 0.3) is 0 Å². The van der Waals surface area contributed by atoms with Gasteiger partial charge in [-0.05, 0) is 48.7 Å². The van der Waals surface area contributed by atoms with Crippen molar-refractivity contribution in [2.24, 2.45) is 0 Å². The van der Waals surface area contributed by atoms with Crippen LogP contribution < -0.4 is 9.64 Å². The Morgan fingerprint density at radius 3 is 2.76 bits per heavy atom. The molecule has 2 aromatic carbocycles. The van der Waals surface area contributed by atoms with E-state index in [1.165, 1.54) is 5.56 Å². The molecule has 6 nitrogen and oxygen atoms in total. The van der Waals surface area contributed by atoms with Gasteiger partial charge in [-0.3, -0.25) is 0 Å². The summed E-state index contributed by atoms with van der Waals surface area (Å²) < 4.78 is 8.18. The first-order valence-corrected chi connectivity index (χ1v) is 10.4. The lowest BCUT2D eigenvalue weighted by molar-refractivity contribution is 0.414. The van der Waals surface area contributed by atoms with Crippen LogP contribution in [0.3, 0.4) is 0 Å². The summed E-state index contributed by atoms with van der Waals surface area (Å²) in [6.45, 7) is 0.963. The van der Waals surface area contributed by atoms with Crippen LogP contribution in [0.1, 0.15) is 24.4 Å². The molecule has 0 aliphatic carbocycles. The average molecular weight is 450 g/mol. The van der Waals surface area contributed by atoms with Crippen LogP contribution >= 0.6 is 15.9 Å². The predicted molar refractivity (Wildman–Crippen MR) is 117 cm³/mol. The molecule has 0 saturated carbocycles. The van der Waals surface area contributed by atoms with Crippen molar-refractivity contribution in [1.29, 1.82) is 0 Å². The first-order valence-electron chi connectivity index (χ1n) is 9.60. The molecule has 29 heavy (non-hydrogen) atoms. The molecule has 3 heterocycles. The monoisotopic (exact) mass is 449 g/mol. The maximum atomic E-state index is 5.31. The van der Waals surface area contributed by atoms with E-state index in [9.17, 15) is 0 Å². The van der Waals surface area contributed by atoms with Gasteiger partial charge in [-0.15, -0.1) is 0 Å². The van der Waals surface area contributed by atoms with Crippen molar-refractivity contribution < 1.29 is 4.74 Å². The van der Waals surface area contributed by atoms with E-state index in [2.05, 4.69) is 48.0 Å². The van der Waals surface area contributed by atoms with Gasteiger partial charge in [-0.25, -0.2) is 14.6 Å². The summed E-state index contributed by atoms with van der Waals surface area (Å²) in [5, 5.41) is 5.57. The fourth-order valence-corrected chi connectivity index (χ4v) is 4.44. The first-order chi connectivity index (χ1) is 14.2. The van der Waals surface area contributed by atoms with Crippen LogP contribution in [-0.2, 0) is 0 Å². The molecule has 1 saturated heterocycles. The van der Waals surface area contributed by atoms with Gasteiger partial charge in [0, 0.05) is 11.0 Å². The number of fused-ring (bicyclic) bond motifs is 1. The fraction of sp³-hybridized carbons (Fsp3) is 0.227. The highest BCUT2D eigenvalue weighted by Gasteiger charge is 2.29. The molecule has 0 radical (unpaired) electrons. The lowest BCUT2D eigenvalue weighted by Gasteiger charge is -2.26. The lowest BCUT2D eigenvalue weighted by Crippen LogP contribution is -2.23. The summed E-state index contributed by atoms with van der Waals surface area (Å²) in [6.07, 6.45) is 5.73. The first kappa shape index (κ1) is 18.1. The van der Waals surface area contributed by atoms with E-state index >= 15 is 0 Å². The maximum Gasteiger partial charge on any atom is 0.168 e. The molecule has 1 fully saturated rings. The van der Waals surface area contributed by atoms with Crippen LogP contribution in [0.5, 0.6) is 5.75 Å². The highest BCUT2D eigenvalue weighted by Crippen LogP contribution is 2.38. The van der Waals surface area contributed by atoms with E-state index in [0.717, 1.165) is 52.1 Å². The predicted octanol–water partition coefficient (Wildman–Crippen LogP) is 4.93. The number of anilines is 1. The Balaban J connectivity index is 1.56. The molecule has 4 aromatic rings. The third-order valence-electron chi connectivity index (χ3n) is 5.42. The molecule has 7 heteroatoms. The number of hydrogen-bond donors (Lipinski definition) is 0. The summed E-state index contributed by atoms with van der Waals surface area (Å²) in [7, 11) is 1.69. The Morgan fingerprint density at radius 2 is 1.97 bits per heavy atom. The second kappa shape index (κ2) is 7.48. The number of benzene rings is 2. The van der Waals surface area contributed by atoms with Crippen molar-refractivity contribution in [3.8, 4) is 11.4 Å². The summed E-state index contributed by atoms with van der Waals surface area (Å²) >= 11 is 3.53. The number of ether oxygens (including phenoxy) is 1. The van der Waals surface area contributed by atoms with Gasteiger partial charge in [-0.1, -0.05) is 34.1 Å². The molecule has 1 unspecified atom stereocenters. The maximum absolute atomic E-state index is 5.31. The lowest BCUT2D eigenvalue weighted by atomic mass is 10.0. The van der Waals surface area contributed by atoms with Crippen LogP contribution in [0.4, 0.5) is 5.82 Å². The zero-order valence-electron chi connectivity index (χ0n) is 16.0. The number of methoxy groups -OCH3 is 1. The minimum absolute atomic E-state index is 0.285. The number of halogens is 1. The van der Waals surface area contributed by atoms with Gasteiger partial charge in [0.2, 0.25) is 0 Å². The molecule has 5 rings (SSSR count). The van der Waals surface area contributed by atoms with Crippen molar-refractivity contribution in [2.75, 3.05) is 18.6 Å². The number of rotatable bonds is 4. The Hall–Kier alpha value is -2.93. The average Bonchev–Trinajstić information content (AvgIpc) is 3.41. The minimum Gasteiger partial charge on any atom is -0.497 e. The molecule has 0 bridgehead atoms. The van der Waals surface area contributed by atoms with E-state index in [0.29, 0.717) is 0 Å². The second-order valence-corrected chi connectivity index (χ2v) is 8.01.